The number of rotatable bonds is 8. The van der Waals surface area contributed by atoms with Gasteiger partial charge in [-0.25, -0.2) is 0 Å². The summed E-state index contributed by atoms with van der Waals surface area (Å²) < 4.78 is 6.05. The van der Waals surface area contributed by atoms with E-state index in [1.807, 2.05) is 31.2 Å². The van der Waals surface area contributed by atoms with Gasteiger partial charge in [0.25, 0.3) is 11.8 Å². The molecule has 0 fully saturated rings. The molecule has 0 aliphatic carbocycles. The van der Waals surface area contributed by atoms with Crippen LogP contribution in [0, 0.1) is 0 Å². The lowest BCUT2D eigenvalue weighted by Gasteiger charge is -2.21. The Hall–Kier alpha value is -2.82. The number of nitrogens with one attached hydrogen (secondary N) is 2. The number of amides is 2. The SMILES string of the molecule is CCC(Oc1ccccc1C(C)CC)C(=O)Nc1ccc(C(=O)NC)cc1. The molecule has 0 spiro atoms. The Kier molecular flexibility index (Phi) is 7.41. The first-order valence-corrected chi connectivity index (χ1v) is 9.38. The van der Waals surface area contributed by atoms with Gasteiger partial charge in [-0.05, 0) is 54.7 Å². The highest BCUT2D eigenvalue weighted by Crippen LogP contribution is 2.29. The summed E-state index contributed by atoms with van der Waals surface area (Å²) in [6.45, 7) is 6.20. The summed E-state index contributed by atoms with van der Waals surface area (Å²) in [6.07, 6.45) is 0.965. The highest BCUT2D eigenvalue weighted by atomic mass is 16.5. The van der Waals surface area contributed by atoms with E-state index in [9.17, 15) is 9.59 Å². The lowest BCUT2D eigenvalue weighted by Crippen LogP contribution is -2.32. The summed E-state index contributed by atoms with van der Waals surface area (Å²) in [5, 5.41) is 5.43. The van der Waals surface area contributed by atoms with Gasteiger partial charge < -0.3 is 15.4 Å². The molecule has 0 bridgehead atoms. The van der Waals surface area contributed by atoms with Crippen LogP contribution in [0.5, 0.6) is 5.75 Å². The van der Waals surface area contributed by atoms with E-state index >= 15 is 0 Å². The van der Waals surface area contributed by atoms with Crippen LogP contribution in [0.15, 0.2) is 48.5 Å². The average molecular weight is 368 g/mol. The van der Waals surface area contributed by atoms with Gasteiger partial charge in [0.2, 0.25) is 0 Å². The molecule has 5 heteroatoms. The Morgan fingerprint density at radius 3 is 2.26 bits per heavy atom. The zero-order valence-electron chi connectivity index (χ0n) is 16.4. The van der Waals surface area contributed by atoms with Crippen molar-refractivity contribution in [2.24, 2.45) is 0 Å². The summed E-state index contributed by atoms with van der Waals surface area (Å²) in [5.41, 5.74) is 2.28. The smallest absolute Gasteiger partial charge is 0.265 e. The third-order valence-corrected chi connectivity index (χ3v) is 4.64. The van der Waals surface area contributed by atoms with E-state index in [2.05, 4.69) is 24.5 Å². The second kappa shape index (κ2) is 9.76. The van der Waals surface area contributed by atoms with Gasteiger partial charge in [0.1, 0.15) is 5.75 Å². The Labute approximate surface area is 161 Å². The molecule has 5 nitrogen and oxygen atoms in total. The summed E-state index contributed by atoms with van der Waals surface area (Å²) in [6, 6.07) is 14.6. The van der Waals surface area contributed by atoms with Crippen LogP contribution in [0.25, 0.3) is 0 Å². The van der Waals surface area contributed by atoms with E-state index in [0.717, 1.165) is 17.7 Å². The fourth-order valence-electron chi connectivity index (χ4n) is 2.76. The molecule has 0 saturated heterocycles. The van der Waals surface area contributed by atoms with Gasteiger partial charge in [-0.3, -0.25) is 9.59 Å². The largest absolute Gasteiger partial charge is 0.480 e. The van der Waals surface area contributed by atoms with E-state index in [0.29, 0.717) is 23.6 Å². The Morgan fingerprint density at radius 1 is 1.00 bits per heavy atom. The summed E-state index contributed by atoms with van der Waals surface area (Å²) in [5.74, 6) is 0.747. The quantitative estimate of drug-likeness (QED) is 0.728. The van der Waals surface area contributed by atoms with Crippen LogP contribution in [-0.2, 0) is 4.79 Å². The molecule has 2 amide bonds. The van der Waals surface area contributed by atoms with Gasteiger partial charge in [-0.1, -0.05) is 39.0 Å². The standard InChI is InChI=1S/C22H28N2O3/c1-5-15(3)18-9-7-8-10-20(18)27-19(6-2)22(26)24-17-13-11-16(12-14-17)21(25)23-4/h7-15,19H,5-6H2,1-4H3,(H,23,25)(H,24,26). The van der Waals surface area contributed by atoms with E-state index in [1.165, 1.54) is 0 Å². The number of carbonyl (C=O) groups excluding carboxylic acids is 2. The van der Waals surface area contributed by atoms with Crippen LogP contribution < -0.4 is 15.4 Å². The second-order valence-corrected chi connectivity index (χ2v) is 6.51. The second-order valence-electron chi connectivity index (χ2n) is 6.51. The minimum Gasteiger partial charge on any atom is -0.480 e. The monoisotopic (exact) mass is 368 g/mol. The lowest BCUT2D eigenvalue weighted by molar-refractivity contribution is -0.122. The zero-order chi connectivity index (χ0) is 19.8. The van der Waals surface area contributed by atoms with Crippen LogP contribution >= 0.6 is 0 Å². The number of para-hydroxylation sites is 1. The first kappa shape index (κ1) is 20.5. The fraction of sp³-hybridized carbons (Fsp3) is 0.364. The van der Waals surface area contributed by atoms with Gasteiger partial charge in [-0.2, -0.15) is 0 Å². The van der Waals surface area contributed by atoms with Crippen LogP contribution in [0.3, 0.4) is 0 Å². The van der Waals surface area contributed by atoms with Crippen molar-refractivity contribution in [1.29, 1.82) is 0 Å². The van der Waals surface area contributed by atoms with Crippen LogP contribution in [0.1, 0.15) is 55.5 Å². The molecule has 2 rings (SSSR count). The highest BCUT2D eigenvalue weighted by molar-refractivity contribution is 5.96. The van der Waals surface area contributed by atoms with Gasteiger partial charge >= 0.3 is 0 Å². The predicted molar refractivity (Wildman–Crippen MR) is 108 cm³/mol. The molecule has 2 atom stereocenters. The lowest BCUT2D eigenvalue weighted by atomic mass is 9.98. The van der Waals surface area contributed by atoms with Gasteiger partial charge in [0.15, 0.2) is 6.10 Å². The molecule has 0 heterocycles. The predicted octanol–water partition coefficient (Wildman–Crippen LogP) is 4.36. The third-order valence-electron chi connectivity index (χ3n) is 4.64. The van der Waals surface area contributed by atoms with Crippen molar-refractivity contribution in [2.45, 2.75) is 45.6 Å². The molecule has 0 radical (unpaired) electrons. The Morgan fingerprint density at radius 2 is 1.67 bits per heavy atom. The van der Waals surface area contributed by atoms with Crippen molar-refractivity contribution in [3.63, 3.8) is 0 Å². The molecule has 144 valence electrons. The van der Waals surface area contributed by atoms with Crippen molar-refractivity contribution in [1.82, 2.24) is 5.32 Å². The van der Waals surface area contributed by atoms with Crippen LogP contribution in [-0.4, -0.2) is 25.0 Å². The van der Waals surface area contributed by atoms with E-state index < -0.39 is 6.10 Å². The Balaban J connectivity index is 2.09. The van der Waals surface area contributed by atoms with Gasteiger partial charge in [0.05, 0.1) is 0 Å². The molecule has 0 aliphatic rings. The van der Waals surface area contributed by atoms with E-state index in [4.69, 9.17) is 4.74 Å². The molecule has 2 aromatic rings. The first-order chi connectivity index (χ1) is 13.0. The van der Waals surface area contributed by atoms with Gasteiger partial charge in [-0.15, -0.1) is 0 Å². The Bertz CT molecular complexity index is 771. The molecule has 0 aliphatic heterocycles. The molecular formula is C22H28N2O3. The molecular weight excluding hydrogens is 340 g/mol. The minimum atomic E-state index is -0.589. The van der Waals surface area contributed by atoms with Crippen molar-refractivity contribution in [3.8, 4) is 5.75 Å². The van der Waals surface area contributed by atoms with E-state index in [-0.39, 0.29) is 11.8 Å². The maximum atomic E-state index is 12.7. The maximum absolute atomic E-state index is 12.7. The van der Waals surface area contributed by atoms with Crippen molar-refractivity contribution >= 4 is 17.5 Å². The molecule has 27 heavy (non-hydrogen) atoms. The minimum absolute atomic E-state index is 0.163. The molecule has 2 N–H and O–H groups in total. The van der Waals surface area contributed by atoms with Crippen molar-refractivity contribution in [3.05, 3.63) is 59.7 Å². The molecule has 2 aromatic carbocycles. The van der Waals surface area contributed by atoms with Crippen molar-refractivity contribution in [2.75, 3.05) is 12.4 Å². The highest BCUT2D eigenvalue weighted by Gasteiger charge is 2.21. The normalized spacial score (nSPS) is 12.7. The number of hydrogen-bond acceptors (Lipinski definition) is 3. The number of hydrogen-bond donors (Lipinski definition) is 2. The number of benzene rings is 2. The summed E-state index contributed by atoms with van der Waals surface area (Å²) in [7, 11) is 1.58. The fourth-order valence-corrected chi connectivity index (χ4v) is 2.76. The zero-order valence-corrected chi connectivity index (χ0v) is 16.4. The molecule has 0 aromatic heterocycles. The molecule has 2 unspecified atom stereocenters. The topological polar surface area (TPSA) is 67.4 Å². The number of ether oxygens (including phenoxy) is 1. The van der Waals surface area contributed by atoms with Crippen LogP contribution in [0.4, 0.5) is 5.69 Å². The first-order valence-electron chi connectivity index (χ1n) is 9.38. The molecule has 0 saturated carbocycles. The number of anilines is 1. The van der Waals surface area contributed by atoms with Gasteiger partial charge in [0, 0.05) is 18.3 Å². The van der Waals surface area contributed by atoms with Crippen LogP contribution in [0.2, 0.25) is 0 Å². The third kappa shape index (κ3) is 5.33. The average Bonchev–Trinajstić information content (AvgIpc) is 2.71. The maximum Gasteiger partial charge on any atom is 0.265 e. The summed E-state index contributed by atoms with van der Waals surface area (Å²) >= 11 is 0. The summed E-state index contributed by atoms with van der Waals surface area (Å²) in [4.78, 5) is 24.3. The van der Waals surface area contributed by atoms with Crippen molar-refractivity contribution < 1.29 is 14.3 Å². The number of carbonyl (C=O) groups is 2. The van der Waals surface area contributed by atoms with E-state index in [1.54, 1.807) is 31.3 Å².